The maximum absolute atomic E-state index is 13.6. The van der Waals surface area contributed by atoms with Crippen LogP contribution < -0.4 is 28.3 Å². The molecule has 14 heteroatoms. The first-order valence-electron chi connectivity index (χ1n) is 11.8. The van der Waals surface area contributed by atoms with E-state index in [-0.39, 0.29) is 38.3 Å². The molecule has 0 bridgehead atoms. The van der Waals surface area contributed by atoms with Crippen molar-refractivity contribution in [2.45, 2.75) is 44.1 Å². The van der Waals surface area contributed by atoms with E-state index in [9.17, 15) is 35.9 Å². The van der Waals surface area contributed by atoms with Crippen LogP contribution in [0.1, 0.15) is 35.1 Å². The highest BCUT2D eigenvalue weighted by Gasteiger charge is 2.42. The number of carbonyl (C=O) groups excluding carboxylic acids is 2. The summed E-state index contributed by atoms with van der Waals surface area (Å²) >= 11 is 0. The van der Waals surface area contributed by atoms with E-state index in [0.717, 1.165) is 24.3 Å². The Morgan fingerprint density at radius 1 is 0.821 bits per heavy atom. The molecule has 8 nitrogen and oxygen atoms in total. The predicted octanol–water partition coefficient (Wildman–Crippen LogP) is 1.76. The van der Waals surface area contributed by atoms with Gasteiger partial charge in [0.25, 0.3) is 0 Å². The lowest BCUT2D eigenvalue weighted by molar-refractivity contribution is -0.388. The fourth-order valence-corrected chi connectivity index (χ4v) is 4.02. The topological polar surface area (TPSA) is 164 Å². The van der Waals surface area contributed by atoms with E-state index in [0.29, 0.717) is 17.5 Å². The zero-order chi connectivity index (χ0) is 29.4. The van der Waals surface area contributed by atoms with Crippen molar-refractivity contribution in [3.63, 3.8) is 0 Å². The van der Waals surface area contributed by atoms with Crippen LogP contribution in [0.5, 0.6) is 0 Å². The second-order valence-corrected chi connectivity index (χ2v) is 9.15. The number of aliphatic imine (C=N–C) groups is 1. The molecule has 0 aliphatic carbocycles. The van der Waals surface area contributed by atoms with Crippen LogP contribution in [0.2, 0.25) is 0 Å². The summed E-state index contributed by atoms with van der Waals surface area (Å²) in [5.41, 5.74) is 17.4. The second-order valence-electron chi connectivity index (χ2n) is 9.15. The number of carbonyl (C=O) groups is 2. The first-order valence-corrected chi connectivity index (χ1v) is 11.8. The van der Waals surface area contributed by atoms with Gasteiger partial charge in [-0.25, -0.2) is 0 Å². The number of nitrogens with two attached hydrogens (primary N) is 3. The lowest BCUT2D eigenvalue weighted by Gasteiger charge is -2.31. The van der Waals surface area contributed by atoms with Gasteiger partial charge in [-0.2, -0.15) is 26.3 Å². The third-order valence-corrected chi connectivity index (χ3v) is 6.20. The monoisotopic (exact) mass is 561 g/mol. The molecule has 0 saturated heterocycles. The van der Waals surface area contributed by atoms with Crippen molar-refractivity contribution < 1.29 is 41.7 Å². The van der Waals surface area contributed by atoms with E-state index >= 15 is 0 Å². The normalized spacial score (nSPS) is 13.0. The van der Waals surface area contributed by atoms with Crippen LogP contribution >= 0.6 is 0 Å². The molecule has 0 aliphatic heterocycles. The van der Waals surface area contributed by atoms with Crippen LogP contribution in [-0.4, -0.2) is 36.9 Å². The molecule has 2 aromatic rings. The number of guanidine groups is 1. The smallest absolute Gasteiger partial charge is 0.370 e. The quantitative estimate of drug-likeness (QED) is 0.115. The largest absolute Gasteiger partial charge is 0.416 e. The Labute approximate surface area is 220 Å². The Hall–Kier alpha value is -3.81. The standard InChI is InChI=1S/C25H30F6N6O2/c26-24(27,28)17-7-3-15(4-8-17)12-23(14-32,13-16-5-9-18(10-6-16)25(29,30)31)21(39)37-19(20(33)38)2-1-11-36-22(34)35/h3-10,19H,1-2,11-14,32H2,(H2,33,38)(H,37,39)(H4,34,35,36)/p+1/t19-/m0/s1. The number of halogens is 6. The molecule has 0 fully saturated rings. The Morgan fingerprint density at radius 2 is 1.26 bits per heavy atom. The van der Waals surface area contributed by atoms with Crippen LogP contribution in [0, 0.1) is 5.41 Å². The summed E-state index contributed by atoms with van der Waals surface area (Å²) in [6.07, 6.45) is -8.96. The van der Waals surface area contributed by atoms with E-state index in [2.05, 4.69) is 16.0 Å². The number of amides is 2. The van der Waals surface area contributed by atoms with E-state index < -0.39 is 46.8 Å². The Kier molecular flexibility index (Phi) is 10.3. The van der Waals surface area contributed by atoms with E-state index in [4.69, 9.17) is 17.2 Å². The van der Waals surface area contributed by atoms with Crippen molar-refractivity contribution in [2.24, 2.45) is 27.6 Å². The van der Waals surface area contributed by atoms with Gasteiger partial charge in [-0.3, -0.25) is 14.6 Å². The molecule has 2 rings (SSSR count). The Balaban J connectivity index is 2.40. The molecule has 0 aliphatic rings. The van der Waals surface area contributed by atoms with Gasteiger partial charge in [-0.05, 0) is 61.1 Å². The number of primary amides is 1. The molecule has 2 amide bonds. The van der Waals surface area contributed by atoms with Crippen molar-refractivity contribution >= 4 is 17.8 Å². The molecule has 0 aromatic heterocycles. The van der Waals surface area contributed by atoms with Crippen molar-refractivity contribution in [2.75, 3.05) is 13.1 Å². The summed E-state index contributed by atoms with van der Waals surface area (Å²) in [4.78, 5) is 29.5. The van der Waals surface area contributed by atoms with Crippen LogP contribution in [0.3, 0.4) is 0 Å². The molecule has 10 N–H and O–H groups in total. The number of nitrogens with one attached hydrogen (secondary N) is 1. The van der Waals surface area contributed by atoms with Gasteiger partial charge in [0.15, 0.2) is 5.96 Å². The minimum atomic E-state index is -4.56. The molecule has 0 saturated carbocycles. The molecule has 39 heavy (non-hydrogen) atoms. The lowest BCUT2D eigenvalue weighted by atomic mass is 9.75. The average Bonchev–Trinajstić information content (AvgIpc) is 2.84. The van der Waals surface area contributed by atoms with Gasteiger partial charge in [-0.1, -0.05) is 24.3 Å². The van der Waals surface area contributed by atoms with Gasteiger partial charge in [-0.15, -0.1) is 0 Å². The second kappa shape index (κ2) is 12.8. The van der Waals surface area contributed by atoms with Crippen LogP contribution in [-0.2, 0) is 34.8 Å². The molecule has 2 aromatic carbocycles. The number of nitrogens with zero attached hydrogens (tertiary/aromatic N) is 1. The highest BCUT2D eigenvalue weighted by molar-refractivity contribution is 5.90. The van der Waals surface area contributed by atoms with Crippen molar-refractivity contribution in [1.82, 2.24) is 5.32 Å². The molecular formula is C25H31F6N6O2+. The van der Waals surface area contributed by atoms with Gasteiger partial charge < -0.3 is 28.3 Å². The van der Waals surface area contributed by atoms with Crippen LogP contribution in [0.15, 0.2) is 53.5 Å². The molecule has 214 valence electrons. The van der Waals surface area contributed by atoms with Gasteiger partial charge in [0.05, 0.1) is 17.7 Å². The summed E-state index contributed by atoms with van der Waals surface area (Å²) in [6, 6.07) is 7.22. The highest BCUT2D eigenvalue weighted by atomic mass is 19.4. The van der Waals surface area contributed by atoms with Crippen LogP contribution in [0.4, 0.5) is 26.3 Å². The Bertz CT molecular complexity index is 1080. The minimum absolute atomic E-state index is 0.0889. The SMILES string of the molecule is NC(=O)[C@H](CCCN=C(N)N)NC(=O)C(C[NH3+])(Cc1ccc(C(F)(F)F)cc1)Cc1ccc(C(F)(F)F)cc1. The summed E-state index contributed by atoms with van der Waals surface area (Å²) in [5.74, 6) is -1.67. The number of hydrogen-bond donors (Lipinski definition) is 5. The minimum Gasteiger partial charge on any atom is -0.370 e. The number of quaternary nitrogens is 1. The molecule has 1 atom stereocenters. The summed E-state index contributed by atoms with van der Waals surface area (Å²) in [5, 5.41) is 2.58. The predicted molar refractivity (Wildman–Crippen MR) is 132 cm³/mol. The van der Waals surface area contributed by atoms with Gasteiger partial charge in [0.2, 0.25) is 11.8 Å². The zero-order valence-electron chi connectivity index (χ0n) is 20.9. The number of hydrogen-bond acceptors (Lipinski definition) is 3. The molecule has 0 heterocycles. The molecule has 0 spiro atoms. The lowest BCUT2D eigenvalue weighted by Crippen LogP contribution is -2.65. The van der Waals surface area contributed by atoms with Gasteiger partial charge >= 0.3 is 12.4 Å². The highest BCUT2D eigenvalue weighted by Crippen LogP contribution is 2.33. The summed E-state index contributed by atoms with van der Waals surface area (Å²) in [7, 11) is 0. The molecule has 0 radical (unpaired) electrons. The number of alkyl halides is 6. The fourth-order valence-electron chi connectivity index (χ4n) is 4.02. The van der Waals surface area contributed by atoms with Crippen molar-refractivity contribution in [1.29, 1.82) is 0 Å². The first kappa shape index (κ1) is 31.4. The maximum Gasteiger partial charge on any atom is 0.416 e. The summed E-state index contributed by atoms with van der Waals surface area (Å²) in [6.45, 7) is 0.0694. The van der Waals surface area contributed by atoms with E-state index in [1.165, 1.54) is 24.3 Å². The average molecular weight is 562 g/mol. The molecular weight excluding hydrogens is 530 g/mol. The van der Waals surface area contributed by atoms with Crippen molar-refractivity contribution in [3.05, 3.63) is 70.8 Å². The molecule has 0 unspecified atom stereocenters. The van der Waals surface area contributed by atoms with E-state index in [1.54, 1.807) is 0 Å². The summed E-state index contributed by atoms with van der Waals surface area (Å²) < 4.78 is 78.2. The fraction of sp³-hybridized carbons (Fsp3) is 0.400. The first-order chi connectivity index (χ1) is 18.1. The Morgan fingerprint density at radius 3 is 1.59 bits per heavy atom. The third kappa shape index (κ3) is 9.16. The zero-order valence-corrected chi connectivity index (χ0v) is 20.9. The van der Waals surface area contributed by atoms with E-state index in [1.807, 2.05) is 0 Å². The number of rotatable bonds is 12. The maximum atomic E-state index is 13.6. The van der Waals surface area contributed by atoms with Crippen molar-refractivity contribution in [3.8, 4) is 0 Å². The van der Waals surface area contributed by atoms with Gasteiger partial charge in [0.1, 0.15) is 11.5 Å². The van der Waals surface area contributed by atoms with Gasteiger partial charge in [0, 0.05) is 6.54 Å². The third-order valence-electron chi connectivity index (χ3n) is 6.20. The number of benzene rings is 2. The van der Waals surface area contributed by atoms with Crippen LogP contribution in [0.25, 0.3) is 0 Å².